The van der Waals surface area contributed by atoms with Crippen molar-refractivity contribution in [1.29, 1.82) is 0 Å². The Morgan fingerprint density at radius 3 is 2.64 bits per heavy atom. The van der Waals surface area contributed by atoms with Gasteiger partial charge in [-0.3, -0.25) is 9.69 Å². The minimum atomic E-state index is -0.520. The Morgan fingerprint density at radius 2 is 1.96 bits per heavy atom. The predicted octanol–water partition coefficient (Wildman–Crippen LogP) is 1.37. The molecule has 1 aromatic rings. The van der Waals surface area contributed by atoms with Crippen molar-refractivity contribution in [3.63, 3.8) is 0 Å². The van der Waals surface area contributed by atoms with Crippen LogP contribution in [0.2, 0.25) is 0 Å². The number of hydrogen-bond acceptors (Lipinski definition) is 4. The van der Waals surface area contributed by atoms with Crippen LogP contribution in [-0.2, 0) is 37.5 Å². The molecule has 1 amide bonds. The normalized spacial score (nSPS) is 27.2. The summed E-state index contributed by atoms with van der Waals surface area (Å²) in [6, 6.07) is 10.0. The summed E-state index contributed by atoms with van der Waals surface area (Å²) in [6.45, 7) is 1.46. The van der Waals surface area contributed by atoms with E-state index < -0.39 is 6.10 Å². The Hall–Kier alpha value is 0.0239. The molecule has 2 fully saturated rings. The third-order valence-corrected chi connectivity index (χ3v) is 7.42. The Kier molecular flexibility index (Phi) is 10.4. The van der Waals surface area contributed by atoms with Gasteiger partial charge in [-0.25, -0.2) is 0 Å². The Labute approximate surface area is 198 Å². The smallest absolute Gasteiger partial charge is 0.237 e. The minimum Gasteiger partial charge on any atom is -0.386 e. The van der Waals surface area contributed by atoms with E-state index in [1.807, 2.05) is 18.2 Å². The van der Waals surface area contributed by atoms with Crippen molar-refractivity contribution < 1.29 is 48.3 Å². The topological polar surface area (TPSA) is 80.2 Å². The molecule has 1 aliphatic heterocycles. The molecule has 1 aromatic carbocycles. The molecule has 4 unspecified atom stereocenters. The molecule has 1 saturated carbocycles. The molecule has 28 heavy (non-hydrogen) atoms. The van der Waals surface area contributed by atoms with Crippen molar-refractivity contribution in [2.24, 2.45) is 11.8 Å². The second kappa shape index (κ2) is 12.0. The van der Waals surface area contributed by atoms with Crippen LogP contribution in [0.5, 0.6) is 0 Å². The number of nitrogens with one attached hydrogen (secondary N) is 1. The number of hydrogen-bond donors (Lipinski definition) is 3. The van der Waals surface area contributed by atoms with Crippen molar-refractivity contribution in [3.8, 4) is 0 Å². The van der Waals surface area contributed by atoms with E-state index in [9.17, 15) is 9.90 Å². The molecule has 1 saturated heterocycles. The maximum absolute atomic E-state index is 12.5. The Morgan fingerprint density at radius 1 is 1.29 bits per heavy atom. The molecule has 153 valence electrons. The van der Waals surface area contributed by atoms with Crippen molar-refractivity contribution in [2.45, 2.75) is 55.2 Å². The quantitative estimate of drug-likeness (QED) is 0.514. The second-order valence-electron chi connectivity index (χ2n) is 8.08. The third kappa shape index (κ3) is 6.51. The largest absolute Gasteiger partial charge is 0.386 e. The van der Waals surface area contributed by atoms with Crippen molar-refractivity contribution in [3.05, 3.63) is 30.3 Å². The molecule has 0 spiro atoms. The van der Waals surface area contributed by atoms with Gasteiger partial charge in [0.05, 0.1) is 11.8 Å². The average Bonchev–Trinajstić information content (AvgIpc) is 2.71. The van der Waals surface area contributed by atoms with E-state index in [0.717, 1.165) is 18.7 Å². The van der Waals surface area contributed by atoms with E-state index in [0.29, 0.717) is 18.4 Å². The number of quaternary nitrogens is 1. The maximum atomic E-state index is 12.5. The zero-order chi connectivity index (χ0) is 19.2. The summed E-state index contributed by atoms with van der Waals surface area (Å²) in [6.07, 6.45) is 5.51. The van der Waals surface area contributed by atoms with E-state index in [1.54, 1.807) is 18.8 Å². The number of carbonyl (C=O) groups excluding carboxylic acids is 1. The number of thioether (sulfide) groups is 1. The number of likely N-dealkylation sites (N-methyl/N-ethyl adjacent to an activating group) is 1. The van der Waals surface area contributed by atoms with Gasteiger partial charge in [0.25, 0.3) is 0 Å². The number of benzene rings is 1. The fraction of sp³-hybridized carbons (Fsp3) is 0.667. The van der Waals surface area contributed by atoms with Gasteiger partial charge in [-0.05, 0) is 36.8 Å². The molecule has 5 nitrogen and oxygen atoms in total. The number of carbonyl (C=O) groups is 1. The van der Waals surface area contributed by atoms with Crippen molar-refractivity contribution in [2.75, 3.05) is 25.9 Å². The number of β-amino-alcohol motifs (C(OH)–C–C–N with tert-alkyl or cyclic N) is 1. The van der Waals surface area contributed by atoms with Gasteiger partial charge in [0, 0.05) is 57.7 Å². The molecule has 7 heteroatoms. The van der Waals surface area contributed by atoms with Crippen LogP contribution >= 0.6 is 11.8 Å². The molecule has 5 N–H and O–H groups in total. The Bertz CT molecular complexity index is 607. The molecule has 1 aliphatic carbocycles. The van der Waals surface area contributed by atoms with Gasteiger partial charge >= 0.3 is 0 Å². The van der Waals surface area contributed by atoms with Gasteiger partial charge in [-0.1, -0.05) is 37.5 Å². The number of likely N-dealkylation sites (tertiary alicyclic amines) is 1. The molecular formula is C21H34N3O2SY+. The third-order valence-electron chi connectivity index (χ3n) is 6.22. The molecule has 1 heterocycles. The number of piperidine rings is 1. The second-order valence-corrected chi connectivity index (χ2v) is 9.17. The summed E-state index contributed by atoms with van der Waals surface area (Å²) < 4.78 is 0. The van der Waals surface area contributed by atoms with Crippen LogP contribution in [-0.4, -0.2) is 60.0 Å². The van der Waals surface area contributed by atoms with E-state index in [1.165, 1.54) is 30.6 Å². The molecule has 5 atom stereocenters. The van der Waals surface area contributed by atoms with E-state index in [-0.39, 0.29) is 50.7 Å². The zero-order valence-electron chi connectivity index (χ0n) is 16.9. The van der Waals surface area contributed by atoms with E-state index in [4.69, 9.17) is 0 Å². The molecular weight excluding hydrogens is 447 g/mol. The van der Waals surface area contributed by atoms with Gasteiger partial charge < -0.3 is 16.2 Å². The minimum absolute atomic E-state index is 0. The van der Waals surface area contributed by atoms with Crippen LogP contribution in [0, 0.1) is 11.8 Å². The molecule has 3 rings (SSSR count). The maximum Gasteiger partial charge on any atom is 0.237 e. The van der Waals surface area contributed by atoms with Crippen LogP contribution in [0.25, 0.3) is 0 Å². The van der Waals surface area contributed by atoms with Crippen molar-refractivity contribution >= 4 is 17.7 Å². The van der Waals surface area contributed by atoms with Crippen LogP contribution in [0.15, 0.2) is 35.2 Å². The van der Waals surface area contributed by atoms with E-state index >= 15 is 0 Å². The van der Waals surface area contributed by atoms with Gasteiger partial charge in [0.1, 0.15) is 12.1 Å². The fourth-order valence-electron chi connectivity index (χ4n) is 4.56. The SMILES string of the molecule is CNC(=O)C1CC2CCCCC2CN1CC(O)[C@@H]([NH3+])CSc1ccccc1.[Y]. The molecule has 2 aliphatic rings. The first-order chi connectivity index (χ1) is 13.1. The van der Waals surface area contributed by atoms with Gasteiger partial charge in [-0.2, -0.15) is 0 Å². The van der Waals surface area contributed by atoms with Gasteiger partial charge in [-0.15, -0.1) is 11.8 Å². The monoisotopic (exact) mass is 481 g/mol. The fourth-order valence-corrected chi connectivity index (χ4v) is 5.54. The summed E-state index contributed by atoms with van der Waals surface area (Å²) >= 11 is 1.73. The van der Waals surface area contributed by atoms with Crippen LogP contribution < -0.4 is 11.1 Å². The first kappa shape index (κ1) is 24.3. The first-order valence-electron chi connectivity index (χ1n) is 10.2. The first-order valence-corrected chi connectivity index (χ1v) is 11.2. The van der Waals surface area contributed by atoms with Crippen molar-refractivity contribution in [1.82, 2.24) is 10.2 Å². The van der Waals surface area contributed by atoms with Gasteiger partial charge in [0.2, 0.25) is 5.91 Å². The number of aliphatic hydroxyl groups excluding tert-OH is 1. The summed E-state index contributed by atoms with van der Waals surface area (Å²) in [7, 11) is 1.71. The van der Waals surface area contributed by atoms with Crippen LogP contribution in [0.1, 0.15) is 32.1 Å². The number of amides is 1. The zero-order valence-corrected chi connectivity index (χ0v) is 20.6. The number of rotatable bonds is 7. The summed E-state index contributed by atoms with van der Waals surface area (Å²) in [4.78, 5) is 15.9. The molecule has 1 radical (unpaired) electrons. The standard InChI is InChI=1S/C21H33N3O2S.Y/c1-23-21(26)19-11-15-7-5-6-8-16(15)12-24(19)13-20(25)18(22)14-27-17-9-3-2-4-10-17;/h2-4,9-10,15-16,18-20,25H,5-8,11-14,22H2,1H3,(H,23,26);/p+1/t15?,16?,18-,19?,20?;/m0./s1. The summed E-state index contributed by atoms with van der Waals surface area (Å²) in [5, 5.41) is 13.6. The number of aliphatic hydroxyl groups is 1. The Balaban J connectivity index is 0.00000280. The van der Waals surface area contributed by atoms with Crippen LogP contribution in [0.4, 0.5) is 0 Å². The molecule has 0 aromatic heterocycles. The van der Waals surface area contributed by atoms with Crippen LogP contribution in [0.3, 0.4) is 0 Å². The summed E-state index contributed by atoms with van der Waals surface area (Å²) in [5.74, 6) is 2.20. The number of fused-ring (bicyclic) bond motifs is 1. The average molecular weight is 481 g/mol. The number of nitrogens with zero attached hydrogens (tertiary/aromatic N) is 1. The predicted molar refractivity (Wildman–Crippen MR) is 109 cm³/mol. The van der Waals surface area contributed by atoms with E-state index in [2.05, 4.69) is 28.1 Å². The summed E-state index contributed by atoms with van der Waals surface area (Å²) in [5.41, 5.74) is 4.19. The van der Waals surface area contributed by atoms with Gasteiger partial charge in [0.15, 0.2) is 0 Å². The molecule has 0 bridgehead atoms.